The van der Waals surface area contributed by atoms with Crippen LogP contribution in [0.3, 0.4) is 0 Å². The van der Waals surface area contributed by atoms with E-state index in [-0.39, 0.29) is 5.91 Å². The Hall–Kier alpha value is -2.20. The Kier molecular flexibility index (Phi) is 8.41. The number of rotatable bonds is 7. The number of thioether (sulfide) groups is 1. The van der Waals surface area contributed by atoms with E-state index in [2.05, 4.69) is 32.9 Å². The maximum Gasteiger partial charge on any atom is 0.264 e. The third kappa shape index (κ3) is 6.27. The maximum absolute atomic E-state index is 12.5. The second-order valence-electron chi connectivity index (χ2n) is 7.11. The van der Waals surface area contributed by atoms with Crippen LogP contribution in [0, 0.1) is 3.57 Å². The molecule has 0 unspecified atom stereocenters. The molecule has 34 heavy (non-hydrogen) atoms. The van der Waals surface area contributed by atoms with Crippen molar-refractivity contribution in [2.75, 3.05) is 6.61 Å². The van der Waals surface area contributed by atoms with Crippen molar-refractivity contribution in [1.82, 2.24) is 5.32 Å². The monoisotopic (exact) mass is 624 g/mol. The van der Waals surface area contributed by atoms with Gasteiger partial charge in [0.2, 0.25) is 0 Å². The molecule has 9 heteroatoms. The van der Waals surface area contributed by atoms with Gasteiger partial charge < -0.3 is 14.8 Å². The molecule has 3 aromatic rings. The van der Waals surface area contributed by atoms with Gasteiger partial charge in [-0.3, -0.25) is 4.79 Å². The minimum absolute atomic E-state index is 0.237. The lowest BCUT2D eigenvalue weighted by Gasteiger charge is -2.13. The van der Waals surface area contributed by atoms with E-state index in [1.807, 2.05) is 49.4 Å². The minimum atomic E-state index is -0.237. The van der Waals surface area contributed by atoms with Gasteiger partial charge in [-0.15, -0.1) is 0 Å². The molecule has 0 saturated carbocycles. The molecule has 0 radical (unpaired) electrons. The van der Waals surface area contributed by atoms with Crippen LogP contribution in [0.5, 0.6) is 11.5 Å². The zero-order valence-electron chi connectivity index (χ0n) is 18.0. The molecular weight excluding hydrogens is 606 g/mol. The zero-order chi connectivity index (χ0) is 24.1. The molecule has 1 fully saturated rings. The summed E-state index contributed by atoms with van der Waals surface area (Å²) in [6, 6.07) is 18.9. The first-order valence-corrected chi connectivity index (χ1v) is 13.0. The number of amidine groups is 1. The lowest BCUT2D eigenvalue weighted by atomic mass is 10.2. The quantitative estimate of drug-likeness (QED) is 0.219. The molecule has 1 aliphatic rings. The molecule has 0 bridgehead atoms. The molecule has 5 nitrogen and oxygen atoms in total. The van der Waals surface area contributed by atoms with E-state index in [1.165, 1.54) is 15.3 Å². The SMILES string of the molecule is CCOc1cc(/C=C2/SC(=Nc3cccc(Cl)c3Cl)NC2=O)ccc1OCc1ccc(I)cc1. The Morgan fingerprint density at radius 1 is 1.06 bits per heavy atom. The number of amides is 1. The summed E-state index contributed by atoms with van der Waals surface area (Å²) in [7, 11) is 0. The summed E-state index contributed by atoms with van der Waals surface area (Å²) < 4.78 is 13.0. The summed E-state index contributed by atoms with van der Waals surface area (Å²) in [6.45, 7) is 2.84. The number of carbonyl (C=O) groups excluding carboxylic acids is 1. The molecule has 1 aliphatic heterocycles. The van der Waals surface area contributed by atoms with Crippen molar-refractivity contribution >= 4 is 80.4 Å². The van der Waals surface area contributed by atoms with Gasteiger partial charge in [-0.05, 0) is 94.9 Å². The highest BCUT2D eigenvalue weighted by atomic mass is 127. The maximum atomic E-state index is 12.5. The number of hydrogen-bond acceptors (Lipinski definition) is 5. The Morgan fingerprint density at radius 3 is 2.62 bits per heavy atom. The molecule has 174 valence electrons. The molecule has 0 aliphatic carbocycles. The number of carbonyl (C=O) groups is 1. The van der Waals surface area contributed by atoms with E-state index in [9.17, 15) is 4.79 Å². The first-order chi connectivity index (χ1) is 16.4. The van der Waals surface area contributed by atoms with E-state index in [0.29, 0.717) is 50.5 Å². The van der Waals surface area contributed by atoms with Gasteiger partial charge in [0.25, 0.3) is 5.91 Å². The molecule has 1 N–H and O–H groups in total. The fraction of sp³-hybridized carbons (Fsp3) is 0.120. The third-order valence-electron chi connectivity index (χ3n) is 4.68. The average Bonchev–Trinajstić information content (AvgIpc) is 3.16. The smallest absolute Gasteiger partial charge is 0.264 e. The van der Waals surface area contributed by atoms with Crippen molar-refractivity contribution < 1.29 is 14.3 Å². The first-order valence-electron chi connectivity index (χ1n) is 10.3. The van der Waals surface area contributed by atoms with Crippen LogP contribution in [0.1, 0.15) is 18.1 Å². The van der Waals surface area contributed by atoms with Gasteiger partial charge in [-0.1, -0.05) is 47.5 Å². The summed E-state index contributed by atoms with van der Waals surface area (Å²) >= 11 is 15.8. The largest absolute Gasteiger partial charge is 0.490 e. The summed E-state index contributed by atoms with van der Waals surface area (Å²) in [5, 5.41) is 3.94. The van der Waals surface area contributed by atoms with Crippen LogP contribution in [0.15, 0.2) is 70.6 Å². The normalized spacial score (nSPS) is 15.6. The highest BCUT2D eigenvalue weighted by molar-refractivity contribution is 14.1. The number of hydrogen-bond donors (Lipinski definition) is 1. The van der Waals surface area contributed by atoms with E-state index in [1.54, 1.807) is 24.3 Å². The van der Waals surface area contributed by atoms with Crippen molar-refractivity contribution in [2.45, 2.75) is 13.5 Å². The highest BCUT2D eigenvalue weighted by Gasteiger charge is 2.24. The number of aliphatic imine (C=N–C) groups is 1. The Balaban J connectivity index is 1.52. The Labute approximate surface area is 225 Å². The van der Waals surface area contributed by atoms with Crippen molar-refractivity contribution in [1.29, 1.82) is 0 Å². The molecule has 0 spiro atoms. The topological polar surface area (TPSA) is 59.9 Å². The lowest BCUT2D eigenvalue weighted by molar-refractivity contribution is -0.115. The van der Waals surface area contributed by atoms with Crippen LogP contribution in [-0.2, 0) is 11.4 Å². The van der Waals surface area contributed by atoms with Crippen LogP contribution < -0.4 is 14.8 Å². The summed E-state index contributed by atoms with van der Waals surface area (Å²) in [6.07, 6.45) is 1.79. The number of benzene rings is 3. The molecule has 1 saturated heterocycles. The van der Waals surface area contributed by atoms with E-state index >= 15 is 0 Å². The van der Waals surface area contributed by atoms with Gasteiger partial charge in [-0.2, -0.15) is 0 Å². The molecule has 1 heterocycles. The summed E-state index contributed by atoms with van der Waals surface area (Å²) in [4.78, 5) is 17.4. The first kappa shape index (κ1) is 24.9. The number of nitrogens with one attached hydrogen (secondary N) is 1. The number of nitrogens with zero attached hydrogens (tertiary/aromatic N) is 1. The van der Waals surface area contributed by atoms with Crippen LogP contribution >= 0.6 is 57.6 Å². The average molecular weight is 625 g/mol. The van der Waals surface area contributed by atoms with Crippen LogP contribution in [0.4, 0.5) is 5.69 Å². The number of halogens is 3. The Morgan fingerprint density at radius 2 is 1.85 bits per heavy atom. The third-order valence-corrected chi connectivity index (χ3v) is 7.12. The molecular formula is C25H19Cl2IN2O3S. The van der Waals surface area contributed by atoms with Crippen LogP contribution in [0.2, 0.25) is 10.0 Å². The van der Waals surface area contributed by atoms with E-state index < -0.39 is 0 Å². The Bertz CT molecular complexity index is 1280. The van der Waals surface area contributed by atoms with Gasteiger partial charge in [-0.25, -0.2) is 4.99 Å². The fourth-order valence-corrected chi connectivity index (χ4v) is 4.60. The predicted octanol–water partition coefficient (Wildman–Crippen LogP) is 7.47. The second kappa shape index (κ2) is 11.5. The molecule has 1 amide bonds. The molecule has 3 aromatic carbocycles. The zero-order valence-corrected chi connectivity index (χ0v) is 22.5. The van der Waals surface area contributed by atoms with E-state index in [4.69, 9.17) is 32.7 Å². The van der Waals surface area contributed by atoms with Gasteiger partial charge in [0.15, 0.2) is 16.7 Å². The molecule has 4 rings (SSSR count). The van der Waals surface area contributed by atoms with Gasteiger partial charge in [0.05, 0.1) is 27.2 Å². The standard InChI is InChI=1S/C25H19Cl2IN2O3S/c1-2-32-21-12-16(8-11-20(21)33-14-15-6-9-17(28)10-7-15)13-22-24(31)30-25(34-22)29-19-5-3-4-18(26)23(19)27/h3-13H,2,14H2,1H3,(H,29,30,31)/b22-13+. The summed E-state index contributed by atoms with van der Waals surface area (Å²) in [5.74, 6) is 1.02. The number of ether oxygens (including phenoxy) is 2. The second-order valence-corrected chi connectivity index (χ2v) is 10.2. The van der Waals surface area contributed by atoms with Gasteiger partial charge in [0.1, 0.15) is 6.61 Å². The van der Waals surface area contributed by atoms with Crippen LogP contribution in [0.25, 0.3) is 6.08 Å². The van der Waals surface area contributed by atoms with Crippen molar-refractivity contribution in [2.24, 2.45) is 4.99 Å². The lowest BCUT2D eigenvalue weighted by Crippen LogP contribution is -2.19. The highest BCUT2D eigenvalue weighted by Crippen LogP contribution is 2.35. The summed E-state index contributed by atoms with van der Waals surface area (Å²) in [5.41, 5.74) is 2.37. The van der Waals surface area contributed by atoms with Crippen molar-refractivity contribution in [3.05, 3.63) is 90.3 Å². The predicted molar refractivity (Wildman–Crippen MR) is 148 cm³/mol. The molecule has 0 aromatic heterocycles. The van der Waals surface area contributed by atoms with E-state index in [0.717, 1.165) is 11.1 Å². The molecule has 0 atom stereocenters. The van der Waals surface area contributed by atoms with Gasteiger partial charge >= 0.3 is 0 Å². The fourth-order valence-electron chi connectivity index (χ4n) is 3.06. The van der Waals surface area contributed by atoms with Crippen molar-refractivity contribution in [3.8, 4) is 11.5 Å². The minimum Gasteiger partial charge on any atom is -0.490 e. The van der Waals surface area contributed by atoms with Crippen molar-refractivity contribution in [3.63, 3.8) is 0 Å². The van der Waals surface area contributed by atoms with Gasteiger partial charge in [0, 0.05) is 3.57 Å². The van der Waals surface area contributed by atoms with Crippen LogP contribution in [-0.4, -0.2) is 17.7 Å².